The van der Waals surface area contributed by atoms with Gasteiger partial charge in [0.1, 0.15) is 11.4 Å². The molecule has 2 aliphatic rings. The molecule has 0 atom stereocenters. The second-order valence-corrected chi connectivity index (χ2v) is 4.98. The van der Waals surface area contributed by atoms with Gasteiger partial charge < -0.3 is 14.8 Å². The summed E-state index contributed by atoms with van der Waals surface area (Å²) in [6.45, 7) is 0.902. The highest BCUT2D eigenvalue weighted by Gasteiger charge is 2.48. The first-order valence-corrected chi connectivity index (χ1v) is 5.82. The molecule has 4 heteroatoms. The summed E-state index contributed by atoms with van der Waals surface area (Å²) in [7, 11) is 1.67. The van der Waals surface area contributed by atoms with Crippen molar-refractivity contribution in [1.29, 1.82) is 0 Å². The van der Waals surface area contributed by atoms with Crippen LogP contribution in [0.25, 0.3) is 0 Å². The Bertz CT molecular complexity index is 415. The van der Waals surface area contributed by atoms with Crippen LogP contribution in [0.4, 0.5) is 5.69 Å². The number of benzene rings is 1. The third-order valence-electron chi connectivity index (χ3n) is 2.98. The monoisotopic (exact) mass is 269 g/mol. The van der Waals surface area contributed by atoms with Crippen molar-refractivity contribution >= 4 is 21.6 Å². The van der Waals surface area contributed by atoms with Crippen LogP contribution >= 0.6 is 15.9 Å². The van der Waals surface area contributed by atoms with Gasteiger partial charge in [0.2, 0.25) is 0 Å². The molecule has 1 aromatic rings. The summed E-state index contributed by atoms with van der Waals surface area (Å²) in [5, 5.41) is 3.40. The Hall–Kier alpha value is -0.900. The zero-order chi connectivity index (χ0) is 10.5. The largest absolute Gasteiger partial charge is 0.497 e. The van der Waals surface area contributed by atoms with Gasteiger partial charge in [-0.1, -0.05) is 0 Å². The van der Waals surface area contributed by atoms with Gasteiger partial charge in [-0.3, -0.25) is 0 Å². The van der Waals surface area contributed by atoms with Gasteiger partial charge in [-0.25, -0.2) is 0 Å². The van der Waals surface area contributed by atoms with E-state index in [0.29, 0.717) is 0 Å². The van der Waals surface area contributed by atoms with Gasteiger partial charge >= 0.3 is 0 Å². The third kappa shape index (κ3) is 1.47. The van der Waals surface area contributed by atoms with Crippen molar-refractivity contribution in [3.63, 3.8) is 0 Å². The Balaban J connectivity index is 2.03. The molecule has 3 rings (SSSR count). The van der Waals surface area contributed by atoms with Crippen molar-refractivity contribution in [2.24, 2.45) is 0 Å². The summed E-state index contributed by atoms with van der Waals surface area (Å²) in [6, 6.07) is 3.90. The number of fused-ring (bicyclic) bond motifs is 1. The maximum atomic E-state index is 6.00. The first-order valence-electron chi connectivity index (χ1n) is 5.03. The number of rotatable bonds is 1. The third-order valence-corrected chi connectivity index (χ3v) is 3.57. The van der Waals surface area contributed by atoms with Crippen LogP contribution in [-0.2, 0) is 0 Å². The van der Waals surface area contributed by atoms with E-state index in [9.17, 15) is 0 Å². The molecule has 80 valence electrons. The first-order chi connectivity index (χ1) is 7.22. The van der Waals surface area contributed by atoms with Crippen LogP contribution in [-0.4, -0.2) is 19.3 Å². The predicted octanol–water partition coefficient (Wildman–Crippen LogP) is 2.79. The molecule has 0 saturated heterocycles. The number of methoxy groups -OCH3 is 1. The molecule has 3 nitrogen and oxygen atoms in total. The van der Waals surface area contributed by atoms with Crippen LogP contribution in [0.1, 0.15) is 12.8 Å². The lowest BCUT2D eigenvalue weighted by molar-refractivity contribution is 0.182. The van der Waals surface area contributed by atoms with E-state index in [1.807, 2.05) is 12.1 Å². The van der Waals surface area contributed by atoms with E-state index in [-0.39, 0.29) is 5.60 Å². The minimum Gasteiger partial charge on any atom is -0.497 e. The standard InChI is InChI=1S/C11H12BrNO2/c1-14-7-4-8(12)10-9(5-7)13-6-11(15-10)2-3-11/h4-5,13H,2-3,6H2,1H3. The number of anilines is 1. The van der Waals surface area contributed by atoms with Crippen LogP contribution < -0.4 is 14.8 Å². The molecule has 1 spiro atoms. The van der Waals surface area contributed by atoms with Crippen molar-refractivity contribution in [2.45, 2.75) is 18.4 Å². The van der Waals surface area contributed by atoms with Gasteiger partial charge in [0.05, 0.1) is 23.8 Å². The van der Waals surface area contributed by atoms with E-state index in [4.69, 9.17) is 9.47 Å². The van der Waals surface area contributed by atoms with Crippen molar-refractivity contribution in [2.75, 3.05) is 19.0 Å². The minimum absolute atomic E-state index is 0.0735. The molecule has 0 amide bonds. The van der Waals surface area contributed by atoms with E-state index in [0.717, 1.165) is 41.0 Å². The molecule has 1 aromatic carbocycles. The fourth-order valence-electron chi connectivity index (χ4n) is 1.85. The fraction of sp³-hybridized carbons (Fsp3) is 0.455. The van der Waals surface area contributed by atoms with E-state index in [2.05, 4.69) is 21.2 Å². The lowest BCUT2D eigenvalue weighted by Crippen LogP contribution is -2.32. The molecule has 15 heavy (non-hydrogen) atoms. The number of hydrogen-bond donors (Lipinski definition) is 1. The summed E-state index contributed by atoms with van der Waals surface area (Å²) < 4.78 is 12.2. The van der Waals surface area contributed by atoms with E-state index >= 15 is 0 Å². The van der Waals surface area contributed by atoms with Gasteiger partial charge in [0.25, 0.3) is 0 Å². The van der Waals surface area contributed by atoms with Crippen molar-refractivity contribution in [1.82, 2.24) is 0 Å². The molecule has 0 aromatic heterocycles. The SMILES string of the molecule is COc1cc(Br)c2c(c1)NCC1(CC1)O2. The Morgan fingerprint density at radius 3 is 2.93 bits per heavy atom. The quantitative estimate of drug-likeness (QED) is 0.851. The molecule has 1 N–H and O–H groups in total. The average Bonchev–Trinajstić information content (AvgIpc) is 2.99. The van der Waals surface area contributed by atoms with Gasteiger partial charge in [-0.15, -0.1) is 0 Å². The normalized spacial score (nSPS) is 20.1. The number of hydrogen-bond acceptors (Lipinski definition) is 3. The summed E-state index contributed by atoms with van der Waals surface area (Å²) in [5.41, 5.74) is 1.09. The summed E-state index contributed by atoms with van der Waals surface area (Å²) in [4.78, 5) is 0. The van der Waals surface area contributed by atoms with Gasteiger partial charge in [0.15, 0.2) is 5.75 Å². The summed E-state index contributed by atoms with van der Waals surface area (Å²) in [6.07, 6.45) is 2.30. The smallest absolute Gasteiger partial charge is 0.157 e. The lowest BCUT2D eigenvalue weighted by atomic mass is 10.2. The molecule has 1 aliphatic carbocycles. The summed E-state index contributed by atoms with van der Waals surface area (Å²) in [5.74, 6) is 1.75. The highest BCUT2D eigenvalue weighted by molar-refractivity contribution is 9.10. The molecule has 0 bridgehead atoms. The second kappa shape index (κ2) is 3.04. The second-order valence-electron chi connectivity index (χ2n) is 4.12. The van der Waals surface area contributed by atoms with Crippen LogP contribution in [0, 0.1) is 0 Å². The molecule has 1 heterocycles. The molecular formula is C11H12BrNO2. The number of nitrogens with one attached hydrogen (secondary N) is 1. The summed E-state index contributed by atoms with van der Waals surface area (Å²) >= 11 is 3.51. The van der Waals surface area contributed by atoms with Gasteiger partial charge in [0, 0.05) is 6.07 Å². The molecule has 1 fully saturated rings. The maximum Gasteiger partial charge on any atom is 0.157 e. The molecular weight excluding hydrogens is 258 g/mol. The average molecular weight is 270 g/mol. The van der Waals surface area contributed by atoms with Crippen LogP contribution in [0.3, 0.4) is 0 Å². The van der Waals surface area contributed by atoms with Gasteiger partial charge in [-0.2, -0.15) is 0 Å². The van der Waals surface area contributed by atoms with E-state index in [1.54, 1.807) is 7.11 Å². The van der Waals surface area contributed by atoms with Crippen molar-refractivity contribution < 1.29 is 9.47 Å². The van der Waals surface area contributed by atoms with E-state index < -0.39 is 0 Å². The van der Waals surface area contributed by atoms with Crippen LogP contribution in [0.5, 0.6) is 11.5 Å². The zero-order valence-corrected chi connectivity index (χ0v) is 10.1. The fourth-order valence-corrected chi connectivity index (χ4v) is 2.37. The van der Waals surface area contributed by atoms with Crippen LogP contribution in [0.2, 0.25) is 0 Å². The maximum absolute atomic E-state index is 6.00. The molecule has 0 radical (unpaired) electrons. The van der Waals surface area contributed by atoms with Crippen molar-refractivity contribution in [3.8, 4) is 11.5 Å². The Morgan fingerprint density at radius 1 is 1.47 bits per heavy atom. The van der Waals surface area contributed by atoms with Gasteiger partial charge in [-0.05, 0) is 34.8 Å². The Morgan fingerprint density at radius 2 is 2.27 bits per heavy atom. The topological polar surface area (TPSA) is 30.5 Å². The molecule has 0 unspecified atom stereocenters. The van der Waals surface area contributed by atoms with Crippen molar-refractivity contribution in [3.05, 3.63) is 16.6 Å². The molecule has 1 saturated carbocycles. The first kappa shape index (κ1) is 9.33. The van der Waals surface area contributed by atoms with E-state index in [1.165, 1.54) is 0 Å². The minimum atomic E-state index is 0.0735. The highest BCUT2D eigenvalue weighted by Crippen LogP contribution is 2.49. The Kier molecular flexibility index (Phi) is 1.89. The predicted molar refractivity (Wildman–Crippen MR) is 61.8 cm³/mol. The number of ether oxygens (including phenoxy) is 2. The highest BCUT2D eigenvalue weighted by atomic mass is 79.9. The lowest BCUT2D eigenvalue weighted by Gasteiger charge is -2.28. The zero-order valence-electron chi connectivity index (χ0n) is 8.47. The van der Waals surface area contributed by atoms with Crippen LogP contribution in [0.15, 0.2) is 16.6 Å². The molecule has 1 aliphatic heterocycles. The Labute approximate surface area is 96.9 Å². The number of halogens is 1.